The monoisotopic (exact) mass is 257 g/mol. The standard InChI is InChI=1S/C16H19NO2/c1-11-7-14-13(10-19-15(14)8-12(11)2)9-16(18)17-5-3-4-6-17/h7-8,10H,3-6,9H2,1-2H3. The van der Waals surface area contributed by atoms with Crippen molar-refractivity contribution in [3.05, 3.63) is 35.1 Å². The van der Waals surface area contributed by atoms with Gasteiger partial charge in [0.1, 0.15) is 5.58 Å². The van der Waals surface area contributed by atoms with Gasteiger partial charge in [-0.2, -0.15) is 0 Å². The summed E-state index contributed by atoms with van der Waals surface area (Å²) in [7, 11) is 0. The van der Waals surface area contributed by atoms with Crippen LogP contribution in [0.3, 0.4) is 0 Å². The van der Waals surface area contributed by atoms with Gasteiger partial charge in [0.15, 0.2) is 0 Å². The van der Waals surface area contributed by atoms with Crippen LogP contribution in [0, 0.1) is 13.8 Å². The third kappa shape index (κ3) is 2.25. The molecule has 2 aromatic rings. The van der Waals surface area contributed by atoms with Crippen LogP contribution in [0.15, 0.2) is 22.8 Å². The highest BCUT2D eigenvalue weighted by Gasteiger charge is 2.19. The molecule has 0 atom stereocenters. The van der Waals surface area contributed by atoms with Crippen LogP contribution in [0.25, 0.3) is 11.0 Å². The Hall–Kier alpha value is -1.77. The number of nitrogens with zero attached hydrogens (tertiary/aromatic N) is 1. The number of fused-ring (bicyclic) bond motifs is 1. The highest BCUT2D eigenvalue weighted by atomic mass is 16.3. The Kier molecular flexibility index (Phi) is 3.05. The van der Waals surface area contributed by atoms with Crippen LogP contribution in [0.4, 0.5) is 0 Å². The summed E-state index contributed by atoms with van der Waals surface area (Å²) >= 11 is 0. The quantitative estimate of drug-likeness (QED) is 0.827. The number of hydrogen-bond acceptors (Lipinski definition) is 2. The number of likely N-dealkylation sites (tertiary alicyclic amines) is 1. The summed E-state index contributed by atoms with van der Waals surface area (Å²) in [5.74, 6) is 0.221. The first kappa shape index (κ1) is 12.3. The minimum atomic E-state index is 0.221. The summed E-state index contributed by atoms with van der Waals surface area (Å²) in [5, 5.41) is 1.08. The smallest absolute Gasteiger partial charge is 0.227 e. The highest BCUT2D eigenvalue weighted by Crippen LogP contribution is 2.25. The Morgan fingerprint density at radius 1 is 1.21 bits per heavy atom. The molecule has 1 aliphatic rings. The number of hydrogen-bond donors (Lipinski definition) is 0. The minimum Gasteiger partial charge on any atom is -0.464 e. The minimum absolute atomic E-state index is 0.221. The summed E-state index contributed by atoms with van der Waals surface area (Å²) < 4.78 is 5.58. The fraction of sp³-hybridized carbons (Fsp3) is 0.438. The molecular formula is C16H19NO2. The zero-order chi connectivity index (χ0) is 13.4. The molecule has 0 bridgehead atoms. The second kappa shape index (κ2) is 4.72. The van der Waals surface area contributed by atoms with Gasteiger partial charge in [0.25, 0.3) is 0 Å². The Bertz CT molecular complexity index is 621. The molecular weight excluding hydrogens is 238 g/mol. The van der Waals surface area contributed by atoms with Crippen molar-refractivity contribution in [1.29, 1.82) is 0 Å². The number of rotatable bonds is 2. The molecule has 1 fully saturated rings. The van der Waals surface area contributed by atoms with E-state index < -0.39 is 0 Å². The van der Waals surface area contributed by atoms with Gasteiger partial charge in [-0.3, -0.25) is 4.79 Å². The molecule has 1 amide bonds. The van der Waals surface area contributed by atoms with Crippen molar-refractivity contribution in [3.63, 3.8) is 0 Å². The summed E-state index contributed by atoms with van der Waals surface area (Å²) in [6.07, 6.45) is 4.46. The van der Waals surface area contributed by atoms with Gasteiger partial charge in [-0.25, -0.2) is 0 Å². The van der Waals surface area contributed by atoms with E-state index in [1.807, 2.05) is 4.90 Å². The SMILES string of the molecule is Cc1cc2occ(CC(=O)N3CCCC3)c2cc1C. The van der Waals surface area contributed by atoms with E-state index >= 15 is 0 Å². The molecule has 3 nitrogen and oxygen atoms in total. The average Bonchev–Trinajstić information content (AvgIpc) is 3.01. The predicted molar refractivity (Wildman–Crippen MR) is 75.2 cm³/mol. The topological polar surface area (TPSA) is 33.5 Å². The lowest BCUT2D eigenvalue weighted by atomic mass is 10.0. The van der Waals surface area contributed by atoms with E-state index in [9.17, 15) is 4.79 Å². The first-order valence-electron chi connectivity index (χ1n) is 6.90. The third-order valence-electron chi connectivity index (χ3n) is 4.07. The van der Waals surface area contributed by atoms with E-state index in [4.69, 9.17) is 4.42 Å². The molecule has 0 unspecified atom stereocenters. The Morgan fingerprint density at radius 2 is 1.89 bits per heavy atom. The molecule has 3 heteroatoms. The van der Waals surface area contributed by atoms with E-state index in [2.05, 4.69) is 26.0 Å². The summed E-state index contributed by atoms with van der Waals surface area (Å²) in [6, 6.07) is 4.18. The van der Waals surface area contributed by atoms with Crippen LogP contribution in [0.1, 0.15) is 29.5 Å². The maximum atomic E-state index is 12.2. The molecule has 1 saturated heterocycles. The molecule has 0 spiro atoms. The first-order valence-corrected chi connectivity index (χ1v) is 6.90. The maximum absolute atomic E-state index is 12.2. The zero-order valence-corrected chi connectivity index (χ0v) is 11.5. The molecule has 0 N–H and O–H groups in total. The van der Waals surface area contributed by atoms with Crippen molar-refractivity contribution >= 4 is 16.9 Å². The first-order chi connectivity index (χ1) is 9.15. The molecule has 1 aromatic carbocycles. The lowest BCUT2D eigenvalue weighted by molar-refractivity contribution is -0.129. The van der Waals surface area contributed by atoms with Gasteiger partial charge in [-0.1, -0.05) is 0 Å². The van der Waals surface area contributed by atoms with E-state index in [1.165, 1.54) is 11.1 Å². The van der Waals surface area contributed by atoms with Gasteiger partial charge in [0.05, 0.1) is 12.7 Å². The normalized spacial score (nSPS) is 15.4. The van der Waals surface area contributed by atoms with Crippen LogP contribution in [-0.2, 0) is 11.2 Å². The van der Waals surface area contributed by atoms with Gasteiger partial charge in [-0.05, 0) is 49.9 Å². The molecule has 0 saturated carbocycles. The van der Waals surface area contributed by atoms with Crippen molar-refractivity contribution in [2.45, 2.75) is 33.1 Å². The average molecular weight is 257 g/mol. The van der Waals surface area contributed by atoms with Gasteiger partial charge in [0, 0.05) is 24.0 Å². The van der Waals surface area contributed by atoms with Crippen molar-refractivity contribution in [2.24, 2.45) is 0 Å². The molecule has 1 aromatic heterocycles. The summed E-state index contributed by atoms with van der Waals surface area (Å²) in [4.78, 5) is 14.2. The molecule has 2 heterocycles. The van der Waals surface area contributed by atoms with Crippen molar-refractivity contribution in [3.8, 4) is 0 Å². The number of furan rings is 1. The van der Waals surface area contributed by atoms with Gasteiger partial charge < -0.3 is 9.32 Å². The van der Waals surface area contributed by atoms with Crippen molar-refractivity contribution in [2.75, 3.05) is 13.1 Å². The molecule has 19 heavy (non-hydrogen) atoms. The van der Waals surface area contributed by atoms with E-state index in [0.717, 1.165) is 42.5 Å². The fourth-order valence-corrected chi connectivity index (χ4v) is 2.71. The number of aryl methyl sites for hydroxylation is 2. The summed E-state index contributed by atoms with van der Waals surface area (Å²) in [6.45, 7) is 5.99. The van der Waals surface area contributed by atoms with Gasteiger partial charge in [0.2, 0.25) is 5.91 Å². The van der Waals surface area contributed by atoms with Gasteiger partial charge in [-0.15, -0.1) is 0 Å². The molecule has 100 valence electrons. The molecule has 0 aliphatic carbocycles. The largest absolute Gasteiger partial charge is 0.464 e. The van der Waals surface area contributed by atoms with Crippen LogP contribution in [-0.4, -0.2) is 23.9 Å². The van der Waals surface area contributed by atoms with E-state index in [-0.39, 0.29) is 5.91 Å². The Morgan fingerprint density at radius 3 is 2.63 bits per heavy atom. The van der Waals surface area contributed by atoms with E-state index in [0.29, 0.717) is 6.42 Å². The number of carbonyl (C=O) groups is 1. The summed E-state index contributed by atoms with van der Waals surface area (Å²) in [5.41, 5.74) is 4.35. The zero-order valence-electron chi connectivity index (χ0n) is 11.5. The van der Waals surface area contributed by atoms with Crippen LogP contribution in [0.2, 0.25) is 0 Å². The molecule has 0 radical (unpaired) electrons. The third-order valence-corrected chi connectivity index (χ3v) is 4.07. The number of carbonyl (C=O) groups excluding carboxylic acids is 1. The maximum Gasteiger partial charge on any atom is 0.227 e. The lowest BCUT2D eigenvalue weighted by Gasteiger charge is -2.14. The van der Waals surface area contributed by atoms with Crippen LogP contribution in [0.5, 0.6) is 0 Å². The van der Waals surface area contributed by atoms with Crippen LogP contribution >= 0.6 is 0 Å². The fourth-order valence-electron chi connectivity index (χ4n) is 2.71. The van der Waals surface area contributed by atoms with Gasteiger partial charge >= 0.3 is 0 Å². The number of amides is 1. The number of benzene rings is 1. The lowest BCUT2D eigenvalue weighted by Crippen LogP contribution is -2.28. The Balaban J connectivity index is 1.88. The molecule has 1 aliphatic heterocycles. The molecule has 3 rings (SSSR count). The Labute approximate surface area is 113 Å². The highest BCUT2D eigenvalue weighted by molar-refractivity contribution is 5.88. The van der Waals surface area contributed by atoms with Crippen molar-refractivity contribution in [1.82, 2.24) is 4.90 Å². The van der Waals surface area contributed by atoms with Crippen molar-refractivity contribution < 1.29 is 9.21 Å². The predicted octanol–water partition coefficient (Wildman–Crippen LogP) is 3.21. The second-order valence-corrected chi connectivity index (χ2v) is 5.46. The van der Waals surface area contributed by atoms with Crippen LogP contribution < -0.4 is 0 Å². The second-order valence-electron chi connectivity index (χ2n) is 5.46. The van der Waals surface area contributed by atoms with E-state index in [1.54, 1.807) is 6.26 Å².